The van der Waals surface area contributed by atoms with Crippen LogP contribution in [-0.2, 0) is 0 Å². The van der Waals surface area contributed by atoms with Gasteiger partial charge in [-0.2, -0.15) is 0 Å². The van der Waals surface area contributed by atoms with E-state index in [9.17, 15) is 5.11 Å². The maximum absolute atomic E-state index is 9.75. The van der Waals surface area contributed by atoms with E-state index >= 15 is 0 Å². The monoisotopic (exact) mass is 169 g/mol. The number of likely N-dealkylation sites (tertiary alicyclic amines) is 1. The van der Waals surface area contributed by atoms with Crippen LogP contribution in [0.4, 0.5) is 0 Å². The average Bonchev–Trinajstić information content (AvgIpc) is 2.63. The van der Waals surface area contributed by atoms with Gasteiger partial charge in [0.05, 0.1) is 5.60 Å². The Labute approximate surface area is 74.6 Å². The summed E-state index contributed by atoms with van der Waals surface area (Å²) in [7, 11) is 0. The van der Waals surface area contributed by atoms with Gasteiger partial charge in [0.1, 0.15) is 0 Å². The SMILES string of the molecule is CCC1(O)CN(CC2CC2C)C1. The predicted molar refractivity (Wildman–Crippen MR) is 49.0 cm³/mol. The minimum absolute atomic E-state index is 0.335. The normalized spacial score (nSPS) is 39.2. The van der Waals surface area contributed by atoms with E-state index in [0.29, 0.717) is 0 Å². The molecule has 0 radical (unpaired) electrons. The van der Waals surface area contributed by atoms with Gasteiger partial charge in [-0.3, -0.25) is 4.90 Å². The van der Waals surface area contributed by atoms with Gasteiger partial charge in [-0.1, -0.05) is 13.8 Å². The molecular weight excluding hydrogens is 150 g/mol. The van der Waals surface area contributed by atoms with E-state index in [2.05, 4.69) is 18.7 Å². The molecule has 2 aliphatic rings. The fraction of sp³-hybridized carbons (Fsp3) is 1.00. The highest BCUT2D eigenvalue weighted by molar-refractivity contribution is 4.97. The molecule has 0 bridgehead atoms. The lowest BCUT2D eigenvalue weighted by molar-refractivity contribution is -0.101. The first-order valence-corrected chi connectivity index (χ1v) is 5.08. The van der Waals surface area contributed by atoms with Gasteiger partial charge in [-0.05, 0) is 24.7 Å². The highest BCUT2D eigenvalue weighted by Gasteiger charge is 2.43. The molecule has 2 nitrogen and oxygen atoms in total. The van der Waals surface area contributed by atoms with Crippen molar-refractivity contribution < 1.29 is 5.11 Å². The molecule has 70 valence electrons. The molecule has 1 aliphatic carbocycles. The lowest BCUT2D eigenvalue weighted by Crippen LogP contribution is -2.61. The number of rotatable bonds is 3. The number of β-amino-alcohol motifs (C(OH)–C–C–N with tert-alkyl or cyclic N) is 1. The zero-order valence-electron chi connectivity index (χ0n) is 8.08. The third-order valence-electron chi connectivity index (χ3n) is 3.46. The largest absolute Gasteiger partial charge is 0.387 e. The molecule has 2 rings (SSSR count). The Morgan fingerprint density at radius 2 is 2.08 bits per heavy atom. The molecule has 12 heavy (non-hydrogen) atoms. The minimum atomic E-state index is -0.335. The fourth-order valence-electron chi connectivity index (χ4n) is 2.12. The van der Waals surface area contributed by atoms with Crippen LogP contribution >= 0.6 is 0 Å². The molecule has 1 saturated heterocycles. The third kappa shape index (κ3) is 1.50. The molecular formula is C10H19NO. The van der Waals surface area contributed by atoms with Crippen molar-refractivity contribution in [1.29, 1.82) is 0 Å². The highest BCUT2D eigenvalue weighted by atomic mass is 16.3. The molecule has 0 amide bonds. The van der Waals surface area contributed by atoms with Gasteiger partial charge in [0.15, 0.2) is 0 Å². The van der Waals surface area contributed by atoms with E-state index in [1.807, 2.05) is 0 Å². The summed E-state index contributed by atoms with van der Waals surface area (Å²) >= 11 is 0. The third-order valence-corrected chi connectivity index (χ3v) is 3.46. The Morgan fingerprint density at radius 3 is 2.50 bits per heavy atom. The molecule has 1 heterocycles. The summed E-state index contributed by atoms with van der Waals surface area (Å²) in [6.45, 7) is 7.43. The molecule has 2 heteroatoms. The van der Waals surface area contributed by atoms with Gasteiger partial charge < -0.3 is 5.11 Å². The maximum Gasteiger partial charge on any atom is 0.0897 e. The topological polar surface area (TPSA) is 23.5 Å². The van der Waals surface area contributed by atoms with Crippen LogP contribution in [0.15, 0.2) is 0 Å². The maximum atomic E-state index is 9.75. The van der Waals surface area contributed by atoms with Crippen LogP contribution in [0.5, 0.6) is 0 Å². The fourth-order valence-corrected chi connectivity index (χ4v) is 2.12. The van der Waals surface area contributed by atoms with E-state index in [4.69, 9.17) is 0 Å². The molecule has 1 N–H and O–H groups in total. The summed E-state index contributed by atoms with van der Waals surface area (Å²) in [5.41, 5.74) is -0.335. The van der Waals surface area contributed by atoms with Crippen LogP contribution < -0.4 is 0 Å². The highest BCUT2D eigenvalue weighted by Crippen LogP contribution is 2.40. The second-order valence-corrected chi connectivity index (χ2v) is 4.72. The summed E-state index contributed by atoms with van der Waals surface area (Å²) in [6.07, 6.45) is 2.31. The summed E-state index contributed by atoms with van der Waals surface area (Å²) in [5, 5.41) is 9.75. The number of aliphatic hydroxyl groups is 1. The Kier molecular flexibility index (Phi) is 1.92. The molecule has 0 aromatic carbocycles. The zero-order chi connectivity index (χ0) is 8.77. The second-order valence-electron chi connectivity index (χ2n) is 4.72. The molecule has 1 aliphatic heterocycles. The van der Waals surface area contributed by atoms with Crippen molar-refractivity contribution in [2.75, 3.05) is 19.6 Å². The van der Waals surface area contributed by atoms with Crippen LogP contribution in [0.25, 0.3) is 0 Å². The Morgan fingerprint density at radius 1 is 1.50 bits per heavy atom. The van der Waals surface area contributed by atoms with Crippen LogP contribution in [0.2, 0.25) is 0 Å². The Bertz CT molecular complexity index is 172. The van der Waals surface area contributed by atoms with Crippen LogP contribution in [0.3, 0.4) is 0 Å². The molecule has 2 atom stereocenters. The summed E-state index contributed by atoms with van der Waals surface area (Å²) in [6, 6.07) is 0. The lowest BCUT2D eigenvalue weighted by atomic mass is 9.91. The molecule has 2 fully saturated rings. The minimum Gasteiger partial charge on any atom is -0.387 e. The van der Waals surface area contributed by atoms with Crippen molar-refractivity contribution in [3.8, 4) is 0 Å². The summed E-state index contributed by atoms with van der Waals surface area (Å²) in [5.74, 6) is 1.88. The van der Waals surface area contributed by atoms with E-state index in [-0.39, 0.29) is 5.60 Å². The molecule has 1 saturated carbocycles. The van der Waals surface area contributed by atoms with Crippen molar-refractivity contribution >= 4 is 0 Å². The zero-order valence-corrected chi connectivity index (χ0v) is 8.08. The Hall–Kier alpha value is -0.0800. The van der Waals surface area contributed by atoms with E-state index in [0.717, 1.165) is 31.3 Å². The lowest BCUT2D eigenvalue weighted by Gasteiger charge is -2.46. The first kappa shape index (κ1) is 8.52. The van der Waals surface area contributed by atoms with Gasteiger partial charge in [0, 0.05) is 19.6 Å². The van der Waals surface area contributed by atoms with Crippen LogP contribution in [0.1, 0.15) is 26.7 Å². The quantitative estimate of drug-likeness (QED) is 0.684. The second kappa shape index (κ2) is 2.71. The first-order valence-electron chi connectivity index (χ1n) is 5.08. The van der Waals surface area contributed by atoms with E-state index in [1.165, 1.54) is 13.0 Å². The van der Waals surface area contributed by atoms with Gasteiger partial charge >= 0.3 is 0 Å². The molecule has 0 aromatic heterocycles. The Balaban J connectivity index is 1.68. The first-order chi connectivity index (χ1) is 5.63. The number of hydrogen-bond donors (Lipinski definition) is 1. The van der Waals surface area contributed by atoms with Gasteiger partial charge in [-0.15, -0.1) is 0 Å². The van der Waals surface area contributed by atoms with Gasteiger partial charge in [0.2, 0.25) is 0 Å². The average molecular weight is 169 g/mol. The van der Waals surface area contributed by atoms with Crippen molar-refractivity contribution in [1.82, 2.24) is 4.90 Å². The van der Waals surface area contributed by atoms with Gasteiger partial charge in [-0.25, -0.2) is 0 Å². The summed E-state index contributed by atoms with van der Waals surface area (Å²) < 4.78 is 0. The molecule has 0 aromatic rings. The number of nitrogens with zero attached hydrogens (tertiary/aromatic N) is 1. The molecule has 0 spiro atoms. The van der Waals surface area contributed by atoms with Gasteiger partial charge in [0.25, 0.3) is 0 Å². The van der Waals surface area contributed by atoms with Crippen LogP contribution in [-0.4, -0.2) is 35.2 Å². The number of hydrogen-bond acceptors (Lipinski definition) is 2. The standard InChI is InChI=1S/C10H19NO/c1-3-10(12)6-11(7-10)5-9-4-8(9)2/h8-9,12H,3-7H2,1-2H3. The van der Waals surface area contributed by atoms with Crippen molar-refractivity contribution in [3.05, 3.63) is 0 Å². The van der Waals surface area contributed by atoms with Crippen molar-refractivity contribution in [2.24, 2.45) is 11.8 Å². The smallest absolute Gasteiger partial charge is 0.0897 e. The van der Waals surface area contributed by atoms with Crippen molar-refractivity contribution in [3.63, 3.8) is 0 Å². The molecule has 2 unspecified atom stereocenters. The summed E-state index contributed by atoms with van der Waals surface area (Å²) in [4.78, 5) is 2.39. The predicted octanol–water partition coefficient (Wildman–Crippen LogP) is 1.10. The van der Waals surface area contributed by atoms with E-state index in [1.54, 1.807) is 0 Å². The van der Waals surface area contributed by atoms with E-state index < -0.39 is 0 Å². The van der Waals surface area contributed by atoms with Crippen molar-refractivity contribution in [2.45, 2.75) is 32.3 Å². The van der Waals surface area contributed by atoms with Crippen LogP contribution in [0, 0.1) is 11.8 Å².